The van der Waals surface area contributed by atoms with E-state index in [0.29, 0.717) is 22.5 Å². The summed E-state index contributed by atoms with van der Waals surface area (Å²) in [7, 11) is 0. The Hall–Kier alpha value is -3.89. The molecule has 1 aliphatic heterocycles. The number of carbonyl (C=O) groups excluding carboxylic acids is 3. The molecule has 0 bridgehead atoms. The number of nitrogens with one attached hydrogen (secondary N) is 1. The Morgan fingerprint density at radius 2 is 1.97 bits per heavy atom. The summed E-state index contributed by atoms with van der Waals surface area (Å²) in [5.74, 6) is -0.720. The van der Waals surface area contributed by atoms with E-state index in [1.165, 1.54) is 18.2 Å². The zero-order valence-electron chi connectivity index (χ0n) is 17.6. The van der Waals surface area contributed by atoms with E-state index in [9.17, 15) is 24.5 Å². The van der Waals surface area contributed by atoms with E-state index in [1.54, 1.807) is 42.5 Å². The molecule has 0 radical (unpaired) electrons. The number of aryl methyl sites for hydroxylation is 1. The van der Waals surface area contributed by atoms with E-state index in [-0.39, 0.29) is 27.7 Å². The quantitative estimate of drug-likeness (QED) is 0.271. The number of thioether (sulfide) groups is 1. The number of amides is 3. The number of imide groups is 1. The van der Waals surface area contributed by atoms with Crippen molar-refractivity contribution in [3.8, 4) is 11.3 Å². The summed E-state index contributed by atoms with van der Waals surface area (Å²) in [6.07, 6.45) is 1.36. The molecule has 3 amide bonds. The summed E-state index contributed by atoms with van der Waals surface area (Å²) < 4.78 is 5.65. The first kappa shape index (κ1) is 23.3. The van der Waals surface area contributed by atoms with Gasteiger partial charge in [0.2, 0.25) is 5.91 Å². The summed E-state index contributed by atoms with van der Waals surface area (Å²) in [5, 5.41) is 13.7. The van der Waals surface area contributed by atoms with Gasteiger partial charge in [-0.15, -0.1) is 0 Å². The smallest absolute Gasteiger partial charge is 0.294 e. The van der Waals surface area contributed by atoms with Gasteiger partial charge in [-0.2, -0.15) is 0 Å². The Morgan fingerprint density at radius 1 is 1.21 bits per heavy atom. The number of para-hydroxylation sites is 1. The number of carbonyl (C=O) groups is 3. The van der Waals surface area contributed by atoms with Crippen LogP contribution in [0.4, 0.5) is 16.2 Å². The SMILES string of the molecule is Cc1ccc(NC(=O)CN2C(=O)S/C(=C/c3ccc(-c4ccccc4[N+](=O)[O-])o3)C2=O)cc1Cl. The number of nitrogens with zero attached hydrogens (tertiary/aromatic N) is 2. The third-order valence-corrected chi connectivity index (χ3v) is 6.21. The number of furan rings is 1. The fourth-order valence-corrected chi connectivity index (χ4v) is 4.20. The number of benzene rings is 2. The molecule has 1 N–H and O–H groups in total. The van der Waals surface area contributed by atoms with Crippen LogP contribution in [0.15, 0.2) is 63.9 Å². The van der Waals surface area contributed by atoms with Crippen LogP contribution in [0.1, 0.15) is 11.3 Å². The average Bonchev–Trinajstić information content (AvgIpc) is 3.36. The maximum atomic E-state index is 12.7. The lowest BCUT2D eigenvalue weighted by Crippen LogP contribution is -2.36. The Morgan fingerprint density at radius 3 is 2.71 bits per heavy atom. The molecule has 11 heteroatoms. The standard InChI is InChI=1S/C23H16ClN3O6S/c1-13-6-7-14(10-17(13)24)25-21(28)12-26-22(29)20(34-23(26)30)11-15-8-9-19(33-15)16-4-2-3-5-18(16)27(31)32/h2-11H,12H2,1H3,(H,25,28)/b20-11+. The molecule has 3 aromatic rings. The number of halogens is 1. The van der Waals surface area contributed by atoms with E-state index in [4.69, 9.17) is 16.0 Å². The molecule has 0 spiro atoms. The lowest BCUT2D eigenvalue weighted by Gasteiger charge is -2.12. The van der Waals surface area contributed by atoms with Crippen LogP contribution in [0.2, 0.25) is 5.02 Å². The maximum Gasteiger partial charge on any atom is 0.294 e. The summed E-state index contributed by atoms with van der Waals surface area (Å²) >= 11 is 6.72. The second-order valence-electron chi connectivity index (χ2n) is 7.26. The first-order chi connectivity index (χ1) is 16.2. The van der Waals surface area contributed by atoms with Crippen LogP contribution in [0.5, 0.6) is 0 Å². The number of nitro benzene ring substituents is 1. The number of anilines is 1. The van der Waals surface area contributed by atoms with Gasteiger partial charge in [0.1, 0.15) is 18.1 Å². The summed E-state index contributed by atoms with van der Waals surface area (Å²) in [6, 6.07) is 14.2. The molecule has 172 valence electrons. The number of hydrogen-bond donors (Lipinski definition) is 1. The molecule has 1 aromatic heterocycles. The van der Waals surface area contributed by atoms with E-state index in [2.05, 4.69) is 5.32 Å². The van der Waals surface area contributed by atoms with Crippen LogP contribution in [0.3, 0.4) is 0 Å². The van der Waals surface area contributed by atoms with Gasteiger partial charge >= 0.3 is 0 Å². The Kier molecular flexibility index (Phi) is 6.53. The van der Waals surface area contributed by atoms with E-state index in [1.807, 2.05) is 6.92 Å². The van der Waals surface area contributed by atoms with E-state index >= 15 is 0 Å². The van der Waals surface area contributed by atoms with Gasteiger partial charge in [0, 0.05) is 22.9 Å². The van der Waals surface area contributed by atoms with E-state index in [0.717, 1.165) is 10.5 Å². The number of rotatable bonds is 6. The molecule has 0 atom stereocenters. The van der Waals surface area contributed by atoms with Crippen LogP contribution < -0.4 is 5.32 Å². The highest BCUT2D eigenvalue weighted by Crippen LogP contribution is 2.35. The molecule has 0 aliphatic carbocycles. The fourth-order valence-electron chi connectivity index (χ4n) is 3.20. The van der Waals surface area contributed by atoms with Crippen molar-refractivity contribution in [3.05, 3.63) is 86.0 Å². The first-order valence-electron chi connectivity index (χ1n) is 9.88. The molecule has 1 fully saturated rings. The largest absolute Gasteiger partial charge is 0.456 e. The minimum Gasteiger partial charge on any atom is -0.456 e. The topological polar surface area (TPSA) is 123 Å². The van der Waals surface area contributed by atoms with Gasteiger partial charge < -0.3 is 9.73 Å². The monoisotopic (exact) mass is 497 g/mol. The zero-order valence-corrected chi connectivity index (χ0v) is 19.2. The highest BCUT2D eigenvalue weighted by Gasteiger charge is 2.36. The molecule has 4 rings (SSSR count). The Balaban J connectivity index is 1.48. The van der Waals surface area contributed by atoms with Crippen LogP contribution in [-0.4, -0.2) is 33.4 Å². The van der Waals surface area contributed by atoms with Gasteiger partial charge in [0.15, 0.2) is 0 Å². The van der Waals surface area contributed by atoms with Crippen molar-refractivity contribution in [2.24, 2.45) is 0 Å². The number of hydrogen-bond acceptors (Lipinski definition) is 7. The molecule has 2 heterocycles. The molecular weight excluding hydrogens is 482 g/mol. The predicted octanol–water partition coefficient (Wildman–Crippen LogP) is 5.49. The minimum absolute atomic E-state index is 0.0691. The van der Waals surface area contributed by atoms with Crippen molar-refractivity contribution in [1.82, 2.24) is 4.90 Å². The normalized spacial score (nSPS) is 14.6. The van der Waals surface area contributed by atoms with Crippen molar-refractivity contribution < 1.29 is 23.7 Å². The summed E-state index contributed by atoms with van der Waals surface area (Å²) in [6.45, 7) is 1.36. The summed E-state index contributed by atoms with van der Waals surface area (Å²) in [5.41, 5.74) is 1.46. The third-order valence-electron chi connectivity index (χ3n) is 4.90. The molecular formula is C23H16ClN3O6S. The van der Waals surface area contributed by atoms with Crippen molar-refractivity contribution >= 4 is 57.9 Å². The molecule has 1 aliphatic rings. The van der Waals surface area contributed by atoms with Gasteiger partial charge in [0.05, 0.1) is 15.4 Å². The highest BCUT2D eigenvalue weighted by molar-refractivity contribution is 8.18. The van der Waals surface area contributed by atoms with Crippen LogP contribution in [-0.2, 0) is 9.59 Å². The van der Waals surface area contributed by atoms with Crippen LogP contribution >= 0.6 is 23.4 Å². The molecule has 0 unspecified atom stereocenters. The second kappa shape index (κ2) is 9.54. The molecule has 2 aromatic carbocycles. The summed E-state index contributed by atoms with van der Waals surface area (Å²) in [4.78, 5) is 49.0. The lowest BCUT2D eigenvalue weighted by atomic mass is 10.1. The zero-order chi connectivity index (χ0) is 24.4. The second-order valence-corrected chi connectivity index (χ2v) is 8.66. The van der Waals surface area contributed by atoms with Crippen LogP contribution in [0, 0.1) is 17.0 Å². The minimum atomic E-state index is -0.643. The molecule has 1 saturated heterocycles. The van der Waals surface area contributed by atoms with Gasteiger partial charge in [-0.25, -0.2) is 0 Å². The fraction of sp³-hybridized carbons (Fsp3) is 0.0870. The number of nitro groups is 1. The van der Waals surface area contributed by atoms with Gasteiger partial charge in [-0.3, -0.25) is 29.4 Å². The first-order valence-corrected chi connectivity index (χ1v) is 11.1. The Bertz CT molecular complexity index is 1370. The average molecular weight is 498 g/mol. The van der Waals surface area contributed by atoms with Crippen molar-refractivity contribution in [2.75, 3.05) is 11.9 Å². The lowest BCUT2D eigenvalue weighted by molar-refractivity contribution is -0.384. The van der Waals surface area contributed by atoms with Crippen molar-refractivity contribution in [3.63, 3.8) is 0 Å². The maximum absolute atomic E-state index is 12.7. The van der Waals surface area contributed by atoms with Crippen LogP contribution in [0.25, 0.3) is 17.4 Å². The third kappa shape index (κ3) is 4.87. The van der Waals surface area contributed by atoms with Gasteiger partial charge in [0.25, 0.3) is 16.8 Å². The highest BCUT2D eigenvalue weighted by atomic mass is 35.5. The molecule has 0 saturated carbocycles. The predicted molar refractivity (Wildman–Crippen MR) is 128 cm³/mol. The Labute approximate surface area is 202 Å². The van der Waals surface area contributed by atoms with E-state index < -0.39 is 28.5 Å². The van der Waals surface area contributed by atoms with Gasteiger partial charge in [-0.05, 0) is 54.6 Å². The molecule has 9 nitrogen and oxygen atoms in total. The van der Waals surface area contributed by atoms with Crippen molar-refractivity contribution in [1.29, 1.82) is 0 Å². The van der Waals surface area contributed by atoms with Gasteiger partial charge in [-0.1, -0.05) is 29.8 Å². The van der Waals surface area contributed by atoms with Crippen molar-refractivity contribution in [2.45, 2.75) is 6.92 Å². The molecule has 34 heavy (non-hydrogen) atoms.